The molecule has 0 aliphatic rings. The molecule has 0 spiro atoms. The van der Waals surface area contributed by atoms with Gasteiger partial charge in [-0.05, 0) is 41.3 Å². The van der Waals surface area contributed by atoms with Gasteiger partial charge in [0, 0.05) is 18.0 Å². The van der Waals surface area contributed by atoms with Crippen LogP contribution >= 0.6 is 11.3 Å². The summed E-state index contributed by atoms with van der Waals surface area (Å²) in [6.45, 7) is 1.94. The maximum absolute atomic E-state index is 12.8. The average molecular weight is 433 g/mol. The first-order chi connectivity index (χ1) is 15.1. The fourth-order valence-electron chi connectivity index (χ4n) is 3.18. The number of methoxy groups -OCH3 is 1. The van der Waals surface area contributed by atoms with Crippen LogP contribution in [0.3, 0.4) is 0 Å². The highest BCUT2D eigenvalue weighted by molar-refractivity contribution is 7.09. The summed E-state index contributed by atoms with van der Waals surface area (Å²) in [4.78, 5) is 29.4. The fourth-order valence-corrected chi connectivity index (χ4v) is 3.83. The van der Waals surface area contributed by atoms with Gasteiger partial charge >= 0.3 is 0 Å². The number of amides is 1. The van der Waals surface area contributed by atoms with E-state index >= 15 is 0 Å². The van der Waals surface area contributed by atoms with Crippen molar-refractivity contribution in [1.29, 1.82) is 0 Å². The third-order valence-corrected chi connectivity index (χ3v) is 5.62. The van der Waals surface area contributed by atoms with E-state index in [0.717, 1.165) is 21.3 Å². The highest BCUT2D eigenvalue weighted by Gasteiger charge is 2.18. The number of benzene rings is 1. The van der Waals surface area contributed by atoms with E-state index in [9.17, 15) is 9.59 Å². The zero-order chi connectivity index (χ0) is 21.8. The molecule has 0 aliphatic carbocycles. The molecule has 8 heteroatoms. The minimum Gasteiger partial charge on any atom is -0.495 e. The second-order valence-corrected chi connectivity index (χ2v) is 7.84. The van der Waals surface area contributed by atoms with E-state index in [4.69, 9.17) is 4.74 Å². The Balaban J connectivity index is 1.63. The van der Waals surface area contributed by atoms with Crippen LogP contribution in [0.1, 0.15) is 43.9 Å². The zero-order valence-electron chi connectivity index (χ0n) is 17.0. The van der Waals surface area contributed by atoms with Crippen molar-refractivity contribution >= 4 is 46.1 Å². The van der Waals surface area contributed by atoms with Crippen molar-refractivity contribution in [2.45, 2.75) is 13.5 Å². The van der Waals surface area contributed by atoms with Crippen molar-refractivity contribution in [2.24, 2.45) is 0 Å². The number of H-pyrrole nitrogens is 1. The number of carbonyl (C=O) groups is 2. The van der Waals surface area contributed by atoms with Crippen molar-refractivity contribution < 1.29 is 14.3 Å². The van der Waals surface area contributed by atoms with Crippen molar-refractivity contribution in [3.05, 3.63) is 75.4 Å². The van der Waals surface area contributed by atoms with Crippen LogP contribution in [0.2, 0.25) is 0 Å². The minimum absolute atomic E-state index is 0.0801. The lowest BCUT2D eigenvalue weighted by Crippen LogP contribution is -2.22. The predicted octanol–water partition coefficient (Wildman–Crippen LogP) is 4.33. The molecule has 1 amide bonds. The number of ether oxygens (including phenoxy) is 1. The molecule has 1 aromatic carbocycles. The number of thiophene rings is 1. The molecule has 0 unspecified atom stereocenters. The van der Waals surface area contributed by atoms with Crippen LogP contribution < -0.4 is 10.1 Å². The maximum atomic E-state index is 12.8. The first-order valence-corrected chi connectivity index (χ1v) is 10.5. The van der Waals surface area contributed by atoms with Gasteiger partial charge in [0.2, 0.25) is 0 Å². The highest BCUT2D eigenvalue weighted by Crippen LogP contribution is 2.32. The fraction of sp³-hybridized carbons (Fsp3) is 0.130. The Hall–Kier alpha value is -3.78. The van der Waals surface area contributed by atoms with Crippen LogP contribution in [-0.4, -0.2) is 34.0 Å². The number of nitrogens with zero attached hydrogens (tertiary/aromatic N) is 2. The Morgan fingerprint density at radius 1 is 1.19 bits per heavy atom. The molecule has 4 rings (SSSR count). The quantitative estimate of drug-likeness (QED) is 0.424. The molecule has 2 N–H and O–H groups in total. The summed E-state index contributed by atoms with van der Waals surface area (Å²) in [5, 5.41) is 13.0. The van der Waals surface area contributed by atoms with Gasteiger partial charge in [-0.2, -0.15) is 5.10 Å². The van der Waals surface area contributed by atoms with Crippen LogP contribution in [0.25, 0.3) is 23.1 Å². The number of aromatic nitrogens is 3. The van der Waals surface area contributed by atoms with Crippen molar-refractivity contribution in [3.63, 3.8) is 0 Å². The molecule has 0 bridgehead atoms. The molecular formula is C23H20N4O3S. The molecule has 0 saturated carbocycles. The summed E-state index contributed by atoms with van der Waals surface area (Å²) >= 11 is 1.59. The van der Waals surface area contributed by atoms with Crippen molar-refractivity contribution in [2.75, 3.05) is 7.11 Å². The number of hydrogen-bond donors (Lipinski definition) is 2. The van der Waals surface area contributed by atoms with Crippen LogP contribution in [0, 0.1) is 0 Å². The largest absolute Gasteiger partial charge is 0.495 e. The molecule has 31 heavy (non-hydrogen) atoms. The molecular weight excluding hydrogens is 412 g/mol. The highest BCUT2D eigenvalue weighted by atomic mass is 32.1. The topological polar surface area (TPSA) is 97.0 Å². The molecule has 0 saturated heterocycles. The molecule has 3 aromatic heterocycles. The van der Waals surface area contributed by atoms with Crippen LogP contribution in [0.15, 0.2) is 48.0 Å². The normalized spacial score (nSPS) is 11.2. The molecule has 0 atom stereocenters. The van der Waals surface area contributed by atoms with E-state index in [1.807, 2.05) is 41.8 Å². The minimum atomic E-state index is -0.215. The van der Waals surface area contributed by atoms with E-state index < -0.39 is 0 Å². The second-order valence-electron chi connectivity index (χ2n) is 6.81. The van der Waals surface area contributed by atoms with Crippen LogP contribution in [-0.2, 0) is 6.54 Å². The summed E-state index contributed by atoms with van der Waals surface area (Å²) in [5.41, 5.74) is 3.08. The van der Waals surface area contributed by atoms with Gasteiger partial charge in [-0.1, -0.05) is 18.2 Å². The molecule has 4 aromatic rings. The lowest BCUT2D eigenvalue weighted by molar-refractivity contribution is 0.0947. The Morgan fingerprint density at radius 2 is 2.06 bits per heavy atom. The van der Waals surface area contributed by atoms with Gasteiger partial charge in [0.15, 0.2) is 5.78 Å². The SMILES string of the molecule is COc1c(C(=O)NCc2cccs2)ccc2[nH]nc(C=Cc3ccc(C(C)=O)nc3)c12. The Morgan fingerprint density at radius 3 is 2.74 bits per heavy atom. The van der Waals surface area contributed by atoms with Crippen LogP contribution in [0.4, 0.5) is 0 Å². The zero-order valence-corrected chi connectivity index (χ0v) is 17.8. The van der Waals surface area contributed by atoms with Gasteiger partial charge in [-0.25, -0.2) is 0 Å². The molecule has 0 aliphatic heterocycles. The predicted molar refractivity (Wildman–Crippen MR) is 121 cm³/mol. The van der Waals surface area contributed by atoms with Gasteiger partial charge in [-0.3, -0.25) is 19.7 Å². The first kappa shape index (κ1) is 20.5. The number of rotatable bonds is 7. The van der Waals surface area contributed by atoms with Gasteiger partial charge in [0.1, 0.15) is 11.4 Å². The lowest BCUT2D eigenvalue weighted by atomic mass is 10.1. The number of Topliss-reactive ketones (excluding diaryl/α,β-unsaturated/α-hetero) is 1. The Labute approximate surface area is 182 Å². The third-order valence-electron chi connectivity index (χ3n) is 4.74. The number of fused-ring (bicyclic) bond motifs is 1. The van der Waals surface area contributed by atoms with E-state index in [-0.39, 0.29) is 11.7 Å². The van der Waals surface area contributed by atoms with Gasteiger partial charge in [0.05, 0.1) is 35.8 Å². The lowest BCUT2D eigenvalue weighted by Gasteiger charge is -2.10. The molecule has 0 fully saturated rings. The number of nitrogens with one attached hydrogen (secondary N) is 2. The van der Waals surface area contributed by atoms with Gasteiger partial charge in [-0.15, -0.1) is 11.3 Å². The number of ketones is 1. The second kappa shape index (κ2) is 8.93. The summed E-state index contributed by atoms with van der Waals surface area (Å²) in [6.07, 6.45) is 5.29. The summed E-state index contributed by atoms with van der Waals surface area (Å²) < 4.78 is 5.61. The van der Waals surface area contributed by atoms with Gasteiger partial charge in [0.25, 0.3) is 5.91 Å². The molecule has 7 nitrogen and oxygen atoms in total. The number of aromatic amines is 1. The summed E-state index contributed by atoms with van der Waals surface area (Å²) in [6, 6.07) is 11.0. The number of carbonyl (C=O) groups excluding carboxylic acids is 2. The van der Waals surface area contributed by atoms with Crippen molar-refractivity contribution in [1.82, 2.24) is 20.5 Å². The molecule has 156 valence electrons. The van der Waals surface area contributed by atoms with E-state index in [0.29, 0.717) is 29.2 Å². The van der Waals surface area contributed by atoms with E-state index in [1.54, 1.807) is 29.7 Å². The maximum Gasteiger partial charge on any atom is 0.255 e. The Kier molecular flexibility index (Phi) is 5.90. The van der Waals surface area contributed by atoms with E-state index in [2.05, 4.69) is 20.5 Å². The monoisotopic (exact) mass is 432 g/mol. The average Bonchev–Trinajstić information content (AvgIpc) is 3.45. The smallest absolute Gasteiger partial charge is 0.255 e. The molecule has 0 radical (unpaired) electrons. The Bertz CT molecular complexity index is 1260. The summed E-state index contributed by atoms with van der Waals surface area (Å²) in [7, 11) is 1.54. The van der Waals surface area contributed by atoms with Gasteiger partial charge < -0.3 is 10.1 Å². The van der Waals surface area contributed by atoms with E-state index in [1.165, 1.54) is 14.0 Å². The summed E-state index contributed by atoms with van der Waals surface area (Å²) in [5.74, 6) is 0.162. The van der Waals surface area contributed by atoms with Crippen molar-refractivity contribution in [3.8, 4) is 5.75 Å². The number of pyridine rings is 1. The third kappa shape index (κ3) is 4.39. The van der Waals surface area contributed by atoms with Crippen LogP contribution in [0.5, 0.6) is 5.75 Å². The molecule has 3 heterocycles. The number of hydrogen-bond acceptors (Lipinski definition) is 6. The standard InChI is InChI=1S/C23H20N4O3S/c1-14(28)18-8-5-15(12-24-18)6-9-19-21-20(27-26-19)10-7-17(22(21)30-2)23(29)25-13-16-4-3-11-31-16/h3-12H,13H2,1-2H3,(H,25,29)(H,26,27). The first-order valence-electron chi connectivity index (χ1n) is 9.57.